The fourth-order valence-corrected chi connectivity index (χ4v) is 2.54. The maximum absolute atomic E-state index is 3.98. The lowest BCUT2D eigenvalue weighted by Crippen LogP contribution is -2.19. The summed E-state index contributed by atoms with van der Waals surface area (Å²) in [5.41, 5.74) is 0.479. The van der Waals surface area contributed by atoms with Crippen LogP contribution in [0.15, 0.2) is 11.5 Å². The summed E-state index contributed by atoms with van der Waals surface area (Å²) in [6, 6.07) is 0. The van der Waals surface area contributed by atoms with Crippen molar-refractivity contribution >= 4 is 11.8 Å². The van der Waals surface area contributed by atoms with Crippen LogP contribution in [0.25, 0.3) is 0 Å². The average Bonchev–Trinajstić information content (AvgIpc) is 2.11. The second kappa shape index (κ2) is 2.61. The highest BCUT2D eigenvalue weighted by Crippen LogP contribution is 2.42. The van der Waals surface area contributed by atoms with Crippen LogP contribution in [-0.4, -0.2) is 5.75 Å². The van der Waals surface area contributed by atoms with Gasteiger partial charge in [0.1, 0.15) is 0 Å². The summed E-state index contributed by atoms with van der Waals surface area (Å²) in [6.45, 7) is 10.9. The van der Waals surface area contributed by atoms with Gasteiger partial charge in [-0.1, -0.05) is 27.4 Å². The Morgan fingerprint density at radius 1 is 1.50 bits per heavy atom. The lowest BCUT2D eigenvalue weighted by molar-refractivity contribution is 0.273. The Morgan fingerprint density at radius 3 is 2.30 bits per heavy atom. The van der Waals surface area contributed by atoms with Crippen molar-refractivity contribution < 1.29 is 0 Å². The fourth-order valence-electron chi connectivity index (χ4n) is 1.17. The van der Waals surface area contributed by atoms with Gasteiger partial charge in [0.05, 0.1) is 0 Å². The van der Waals surface area contributed by atoms with Crippen LogP contribution in [0, 0.1) is 11.3 Å². The molecule has 0 nitrogen and oxygen atoms in total. The average molecular weight is 156 g/mol. The second-order valence-corrected chi connectivity index (χ2v) is 5.32. The summed E-state index contributed by atoms with van der Waals surface area (Å²) in [5, 5.41) is 0. The smallest absolute Gasteiger partial charge is 0.00133 e. The molecule has 0 N–H and O–H groups in total. The summed E-state index contributed by atoms with van der Waals surface area (Å²) < 4.78 is 0. The van der Waals surface area contributed by atoms with Crippen LogP contribution in [0.3, 0.4) is 0 Å². The lowest BCUT2D eigenvalue weighted by atomic mass is 9.80. The van der Waals surface area contributed by atoms with E-state index in [1.165, 1.54) is 17.1 Å². The third kappa shape index (κ3) is 1.79. The van der Waals surface area contributed by atoms with Gasteiger partial charge in [-0.25, -0.2) is 0 Å². The fraction of sp³-hybridized carbons (Fsp3) is 0.778. The Balaban J connectivity index is 2.53. The molecule has 1 heterocycles. The van der Waals surface area contributed by atoms with Crippen molar-refractivity contribution in [2.24, 2.45) is 11.3 Å². The van der Waals surface area contributed by atoms with E-state index in [0.717, 1.165) is 5.92 Å². The highest BCUT2D eigenvalue weighted by molar-refractivity contribution is 8.03. The number of thioether (sulfide) groups is 1. The Bertz CT molecular complexity index is 141. The maximum Gasteiger partial charge on any atom is 0.00133 e. The van der Waals surface area contributed by atoms with Gasteiger partial charge in [-0.3, -0.25) is 0 Å². The molecular weight excluding hydrogens is 140 g/mol. The van der Waals surface area contributed by atoms with Gasteiger partial charge in [-0.2, -0.15) is 0 Å². The Morgan fingerprint density at radius 2 is 2.10 bits per heavy atom. The predicted molar refractivity (Wildman–Crippen MR) is 49.2 cm³/mol. The maximum atomic E-state index is 3.98. The predicted octanol–water partition coefficient (Wildman–Crippen LogP) is 3.30. The standard InChI is InChI=1S/C9H16S/c1-7-5-8(6-10-7)9(2,3)4/h8H,1,5-6H2,2-4H3. The zero-order valence-corrected chi connectivity index (χ0v) is 7.92. The van der Waals surface area contributed by atoms with Gasteiger partial charge < -0.3 is 0 Å². The van der Waals surface area contributed by atoms with Crippen LogP contribution in [0.1, 0.15) is 27.2 Å². The van der Waals surface area contributed by atoms with Gasteiger partial charge >= 0.3 is 0 Å². The van der Waals surface area contributed by atoms with E-state index in [1.54, 1.807) is 0 Å². The summed E-state index contributed by atoms with van der Waals surface area (Å²) >= 11 is 1.94. The van der Waals surface area contributed by atoms with Gasteiger partial charge in [0.15, 0.2) is 0 Å². The second-order valence-electron chi connectivity index (χ2n) is 4.12. The normalized spacial score (nSPS) is 27.5. The van der Waals surface area contributed by atoms with E-state index in [4.69, 9.17) is 0 Å². The molecule has 0 aliphatic carbocycles. The first-order valence-corrected chi connectivity index (χ1v) is 4.79. The number of allylic oxidation sites excluding steroid dienone is 1. The number of rotatable bonds is 0. The molecule has 0 spiro atoms. The van der Waals surface area contributed by atoms with E-state index < -0.39 is 0 Å². The molecule has 10 heavy (non-hydrogen) atoms. The third-order valence-corrected chi connectivity index (χ3v) is 3.33. The monoisotopic (exact) mass is 156 g/mol. The van der Waals surface area contributed by atoms with Crippen LogP contribution in [0.2, 0.25) is 0 Å². The molecule has 0 aromatic rings. The van der Waals surface area contributed by atoms with Crippen molar-refractivity contribution in [2.75, 3.05) is 5.75 Å². The first-order valence-electron chi connectivity index (χ1n) is 3.81. The summed E-state index contributed by atoms with van der Waals surface area (Å²) in [6.07, 6.45) is 1.23. The van der Waals surface area contributed by atoms with Crippen molar-refractivity contribution in [3.8, 4) is 0 Å². The minimum atomic E-state index is 0.479. The topological polar surface area (TPSA) is 0 Å². The van der Waals surface area contributed by atoms with E-state index in [1.807, 2.05) is 11.8 Å². The SMILES string of the molecule is C=C1CC(C(C)(C)C)CS1. The molecule has 1 fully saturated rings. The molecule has 1 rings (SSSR count). The molecule has 1 aliphatic rings. The first-order chi connectivity index (χ1) is 4.50. The van der Waals surface area contributed by atoms with Crippen LogP contribution >= 0.6 is 11.8 Å². The van der Waals surface area contributed by atoms with E-state index in [9.17, 15) is 0 Å². The van der Waals surface area contributed by atoms with E-state index in [2.05, 4.69) is 27.4 Å². The quantitative estimate of drug-likeness (QED) is 0.518. The number of hydrogen-bond acceptors (Lipinski definition) is 1. The van der Waals surface area contributed by atoms with Gasteiger partial charge in [0, 0.05) is 5.75 Å². The van der Waals surface area contributed by atoms with Crippen LogP contribution in [0.5, 0.6) is 0 Å². The molecule has 0 saturated carbocycles. The molecule has 0 aromatic heterocycles. The van der Waals surface area contributed by atoms with Crippen molar-refractivity contribution in [2.45, 2.75) is 27.2 Å². The molecule has 1 atom stereocenters. The molecule has 1 saturated heterocycles. The van der Waals surface area contributed by atoms with Crippen LogP contribution in [-0.2, 0) is 0 Å². The van der Waals surface area contributed by atoms with Gasteiger partial charge in [-0.05, 0) is 22.7 Å². The van der Waals surface area contributed by atoms with Crippen LogP contribution < -0.4 is 0 Å². The van der Waals surface area contributed by atoms with Gasteiger partial charge in [-0.15, -0.1) is 11.8 Å². The zero-order valence-electron chi connectivity index (χ0n) is 7.11. The van der Waals surface area contributed by atoms with Gasteiger partial charge in [0.2, 0.25) is 0 Å². The van der Waals surface area contributed by atoms with E-state index in [0.29, 0.717) is 5.41 Å². The van der Waals surface area contributed by atoms with Crippen LogP contribution in [0.4, 0.5) is 0 Å². The van der Waals surface area contributed by atoms with Crippen molar-refractivity contribution in [1.29, 1.82) is 0 Å². The first kappa shape index (κ1) is 8.19. The Labute approximate surface area is 68.1 Å². The lowest BCUT2D eigenvalue weighted by Gasteiger charge is -2.25. The van der Waals surface area contributed by atoms with Crippen molar-refractivity contribution in [3.63, 3.8) is 0 Å². The zero-order chi connectivity index (χ0) is 7.78. The Hall–Kier alpha value is 0.0900. The van der Waals surface area contributed by atoms with Crippen molar-refractivity contribution in [3.05, 3.63) is 11.5 Å². The Kier molecular flexibility index (Phi) is 2.14. The molecule has 0 amide bonds. The van der Waals surface area contributed by atoms with Crippen molar-refractivity contribution in [1.82, 2.24) is 0 Å². The van der Waals surface area contributed by atoms with E-state index in [-0.39, 0.29) is 0 Å². The summed E-state index contributed by atoms with van der Waals surface area (Å²) in [4.78, 5) is 1.37. The molecule has 0 radical (unpaired) electrons. The summed E-state index contributed by atoms with van der Waals surface area (Å²) in [7, 11) is 0. The van der Waals surface area contributed by atoms with Gasteiger partial charge in [0.25, 0.3) is 0 Å². The highest BCUT2D eigenvalue weighted by atomic mass is 32.2. The molecule has 58 valence electrons. The highest BCUT2D eigenvalue weighted by Gasteiger charge is 2.29. The molecule has 1 heteroatoms. The number of hydrogen-bond donors (Lipinski definition) is 0. The minimum absolute atomic E-state index is 0.479. The molecular formula is C9H16S. The molecule has 1 aliphatic heterocycles. The largest absolute Gasteiger partial charge is 0.131 e. The minimum Gasteiger partial charge on any atom is -0.131 e. The molecule has 1 unspecified atom stereocenters. The third-order valence-electron chi connectivity index (χ3n) is 2.19. The summed E-state index contributed by atoms with van der Waals surface area (Å²) in [5.74, 6) is 2.13. The van der Waals surface area contributed by atoms with E-state index >= 15 is 0 Å². The molecule has 0 aromatic carbocycles. The molecule has 0 bridgehead atoms.